The predicted molar refractivity (Wildman–Crippen MR) is 193 cm³/mol. The summed E-state index contributed by atoms with van der Waals surface area (Å²) in [5, 5.41) is 4.18. The van der Waals surface area contributed by atoms with E-state index in [1.54, 1.807) is 55.5 Å². The van der Waals surface area contributed by atoms with Crippen LogP contribution in [0.2, 0.25) is 15.1 Å². The van der Waals surface area contributed by atoms with Crippen LogP contribution < -0.4 is 9.62 Å². The largest absolute Gasteiger partial charge is 0.352 e. The molecule has 0 aliphatic heterocycles. The van der Waals surface area contributed by atoms with Gasteiger partial charge in [-0.2, -0.15) is 0 Å². The Kier molecular flexibility index (Phi) is 12.1. The zero-order chi connectivity index (χ0) is 34.3. The van der Waals surface area contributed by atoms with Gasteiger partial charge in [-0.05, 0) is 72.9 Å². The SMILES string of the molecule is Cc1ccc(Cl)cc1N(CC(=O)N(Cc1ccc(Cl)c(Cl)c1)C(Cc1ccccc1)C(=O)NC1CCCCC1)S(=O)(=O)c1ccccc1. The Morgan fingerprint density at radius 3 is 2.15 bits per heavy atom. The number of nitrogens with zero attached hydrogens (tertiary/aromatic N) is 2. The van der Waals surface area contributed by atoms with E-state index in [4.69, 9.17) is 34.8 Å². The number of amides is 2. The summed E-state index contributed by atoms with van der Waals surface area (Å²) in [4.78, 5) is 30.5. The Hall–Kier alpha value is -3.56. The van der Waals surface area contributed by atoms with Gasteiger partial charge in [-0.3, -0.25) is 13.9 Å². The molecule has 2 amide bonds. The lowest BCUT2D eigenvalue weighted by Gasteiger charge is -2.35. The van der Waals surface area contributed by atoms with Crippen molar-refractivity contribution in [2.45, 2.75) is 69.0 Å². The Bertz CT molecular complexity index is 1840. The molecule has 0 bridgehead atoms. The molecule has 1 N–H and O–H groups in total. The van der Waals surface area contributed by atoms with Crippen LogP contribution in [0.1, 0.15) is 48.8 Å². The molecule has 0 heterocycles. The molecule has 48 heavy (non-hydrogen) atoms. The molecule has 7 nitrogen and oxygen atoms in total. The average molecular weight is 727 g/mol. The standard InChI is InChI=1S/C37H38Cl3N3O4S/c1-26-17-19-29(38)23-34(26)43(48(46,47)31-15-9-4-10-16-31)25-36(44)42(24-28-18-20-32(39)33(40)21-28)35(22-27-11-5-2-6-12-27)37(45)41-30-13-7-3-8-14-30/h2,4-6,9-12,15-21,23,30,35H,3,7-8,13-14,22,24-25H2,1H3,(H,41,45). The summed E-state index contributed by atoms with van der Waals surface area (Å²) in [7, 11) is -4.25. The molecule has 1 unspecified atom stereocenters. The molecule has 1 aliphatic carbocycles. The number of hydrogen-bond donors (Lipinski definition) is 1. The minimum Gasteiger partial charge on any atom is -0.352 e. The lowest BCUT2D eigenvalue weighted by molar-refractivity contribution is -0.140. The summed E-state index contributed by atoms with van der Waals surface area (Å²) in [6.07, 6.45) is 5.10. The monoisotopic (exact) mass is 725 g/mol. The first-order chi connectivity index (χ1) is 23.0. The molecular formula is C37H38Cl3N3O4S. The van der Waals surface area contributed by atoms with Gasteiger partial charge in [0, 0.05) is 24.0 Å². The van der Waals surface area contributed by atoms with Gasteiger partial charge < -0.3 is 10.2 Å². The van der Waals surface area contributed by atoms with Crippen LogP contribution in [0, 0.1) is 6.92 Å². The highest BCUT2D eigenvalue weighted by molar-refractivity contribution is 7.92. The number of hydrogen-bond acceptors (Lipinski definition) is 4. The van der Waals surface area contributed by atoms with Crippen LogP contribution >= 0.6 is 34.8 Å². The lowest BCUT2D eigenvalue weighted by Crippen LogP contribution is -2.55. The molecule has 11 heteroatoms. The quantitative estimate of drug-likeness (QED) is 0.159. The van der Waals surface area contributed by atoms with E-state index in [0.717, 1.165) is 42.0 Å². The molecule has 1 saturated carbocycles. The first-order valence-electron chi connectivity index (χ1n) is 15.9. The van der Waals surface area contributed by atoms with Crippen molar-refractivity contribution < 1.29 is 18.0 Å². The number of nitrogens with one attached hydrogen (secondary N) is 1. The van der Waals surface area contributed by atoms with Gasteiger partial charge in [0.2, 0.25) is 11.8 Å². The third-order valence-corrected chi connectivity index (χ3v) is 11.4. The Balaban J connectivity index is 1.59. The van der Waals surface area contributed by atoms with Gasteiger partial charge in [-0.15, -0.1) is 0 Å². The van der Waals surface area contributed by atoms with Gasteiger partial charge in [-0.1, -0.05) is 115 Å². The molecule has 4 aromatic rings. The van der Waals surface area contributed by atoms with Crippen molar-refractivity contribution in [1.29, 1.82) is 0 Å². The molecule has 4 aromatic carbocycles. The number of rotatable bonds is 12. The summed E-state index contributed by atoms with van der Waals surface area (Å²) in [6, 6.07) is 26.4. The second kappa shape index (κ2) is 16.2. The summed E-state index contributed by atoms with van der Waals surface area (Å²) in [6.45, 7) is 1.16. The van der Waals surface area contributed by atoms with E-state index < -0.39 is 28.5 Å². The van der Waals surface area contributed by atoms with Crippen LogP contribution in [0.4, 0.5) is 5.69 Å². The summed E-state index contributed by atoms with van der Waals surface area (Å²) in [5.74, 6) is -0.866. The molecule has 1 aliphatic rings. The van der Waals surface area contributed by atoms with Gasteiger partial charge in [0.15, 0.2) is 0 Å². The highest BCUT2D eigenvalue weighted by atomic mass is 35.5. The normalized spacial score (nSPS) is 14.2. The molecule has 0 radical (unpaired) electrons. The van der Waals surface area contributed by atoms with Gasteiger partial charge in [0.25, 0.3) is 10.0 Å². The van der Waals surface area contributed by atoms with E-state index in [9.17, 15) is 18.0 Å². The molecule has 0 spiro atoms. The van der Waals surface area contributed by atoms with E-state index in [0.29, 0.717) is 26.2 Å². The third-order valence-electron chi connectivity index (χ3n) is 8.61. The van der Waals surface area contributed by atoms with Gasteiger partial charge in [0.05, 0.1) is 20.6 Å². The first-order valence-corrected chi connectivity index (χ1v) is 18.5. The molecule has 1 fully saturated rings. The second-order valence-electron chi connectivity index (χ2n) is 12.1. The average Bonchev–Trinajstić information content (AvgIpc) is 3.09. The van der Waals surface area contributed by atoms with Crippen molar-refractivity contribution >= 4 is 62.3 Å². The number of benzene rings is 4. The Labute approximate surface area is 297 Å². The smallest absolute Gasteiger partial charge is 0.264 e. The Morgan fingerprint density at radius 2 is 1.48 bits per heavy atom. The maximum absolute atomic E-state index is 14.7. The van der Waals surface area contributed by atoms with E-state index in [1.165, 1.54) is 23.1 Å². The molecule has 5 rings (SSSR count). The number of sulfonamides is 1. The third kappa shape index (κ3) is 8.91. The topological polar surface area (TPSA) is 86.8 Å². The van der Waals surface area contributed by atoms with Crippen LogP contribution in [0.25, 0.3) is 0 Å². The number of aryl methyl sites for hydroxylation is 1. The minimum absolute atomic E-state index is 0.00415. The van der Waals surface area contributed by atoms with Crippen LogP contribution in [-0.2, 0) is 32.6 Å². The first kappa shape index (κ1) is 35.7. The van der Waals surface area contributed by atoms with Crippen molar-refractivity contribution in [2.24, 2.45) is 0 Å². The van der Waals surface area contributed by atoms with Gasteiger partial charge in [0.1, 0.15) is 12.6 Å². The van der Waals surface area contributed by atoms with E-state index >= 15 is 0 Å². The van der Waals surface area contributed by atoms with Crippen molar-refractivity contribution in [3.63, 3.8) is 0 Å². The molecule has 252 valence electrons. The highest BCUT2D eigenvalue weighted by Crippen LogP contribution is 2.31. The number of carbonyl (C=O) groups is 2. The molecule has 0 saturated heterocycles. The van der Waals surface area contributed by atoms with E-state index in [1.807, 2.05) is 30.3 Å². The highest BCUT2D eigenvalue weighted by Gasteiger charge is 2.36. The summed E-state index contributed by atoms with van der Waals surface area (Å²) >= 11 is 19.0. The van der Waals surface area contributed by atoms with Crippen LogP contribution in [-0.4, -0.2) is 43.8 Å². The van der Waals surface area contributed by atoms with Crippen molar-refractivity contribution in [3.8, 4) is 0 Å². The second-order valence-corrected chi connectivity index (χ2v) is 15.2. The van der Waals surface area contributed by atoms with Gasteiger partial charge in [-0.25, -0.2) is 8.42 Å². The molecule has 0 aromatic heterocycles. The zero-order valence-corrected chi connectivity index (χ0v) is 29.7. The van der Waals surface area contributed by atoms with Crippen molar-refractivity contribution in [2.75, 3.05) is 10.8 Å². The van der Waals surface area contributed by atoms with Gasteiger partial charge >= 0.3 is 0 Å². The number of carbonyl (C=O) groups excluding carboxylic acids is 2. The zero-order valence-electron chi connectivity index (χ0n) is 26.6. The molecule has 1 atom stereocenters. The fraction of sp³-hybridized carbons (Fsp3) is 0.297. The van der Waals surface area contributed by atoms with E-state index in [2.05, 4.69) is 5.32 Å². The predicted octanol–water partition coefficient (Wildman–Crippen LogP) is 8.24. The number of anilines is 1. The van der Waals surface area contributed by atoms with Crippen LogP contribution in [0.3, 0.4) is 0 Å². The maximum Gasteiger partial charge on any atom is 0.264 e. The van der Waals surface area contributed by atoms with Crippen molar-refractivity contribution in [3.05, 3.63) is 129 Å². The van der Waals surface area contributed by atoms with E-state index in [-0.39, 0.29) is 35.5 Å². The van der Waals surface area contributed by atoms with Crippen molar-refractivity contribution in [1.82, 2.24) is 10.2 Å². The van der Waals surface area contributed by atoms with Crippen LogP contribution in [0.15, 0.2) is 102 Å². The molecular weight excluding hydrogens is 689 g/mol. The fourth-order valence-electron chi connectivity index (χ4n) is 6.02. The fourth-order valence-corrected chi connectivity index (χ4v) is 8.00. The summed E-state index contributed by atoms with van der Waals surface area (Å²) in [5.41, 5.74) is 2.37. The Morgan fingerprint density at radius 1 is 0.812 bits per heavy atom. The van der Waals surface area contributed by atoms with Crippen LogP contribution in [0.5, 0.6) is 0 Å². The number of halogens is 3. The summed E-state index contributed by atoms with van der Waals surface area (Å²) < 4.78 is 29.6. The minimum atomic E-state index is -4.25. The lowest BCUT2D eigenvalue weighted by atomic mass is 9.94. The maximum atomic E-state index is 14.7.